The van der Waals surface area contributed by atoms with E-state index in [2.05, 4.69) is 43.1 Å². The van der Waals surface area contributed by atoms with Crippen molar-refractivity contribution in [1.29, 1.82) is 0 Å². The van der Waals surface area contributed by atoms with Crippen molar-refractivity contribution in [3.8, 4) is 11.1 Å². The number of aryl methyl sites for hydroxylation is 1. The fourth-order valence-electron chi connectivity index (χ4n) is 2.47. The molecule has 3 heteroatoms. The minimum atomic E-state index is -0.0925. The molecule has 102 valence electrons. The van der Waals surface area contributed by atoms with Crippen LogP contribution in [0.1, 0.15) is 31.0 Å². The van der Waals surface area contributed by atoms with Crippen LogP contribution in [-0.2, 0) is 0 Å². The van der Waals surface area contributed by atoms with Crippen molar-refractivity contribution in [3.63, 3.8) is 0 Å². The molecule has 0 aliphatic rings. The number of aromatic amines is 1. The van der Waals surface area contributed by atoms with E-state index in [1.54, 1.807) is 4.40 Å². The molecule has 0 aliphatic heterocycles. The highest BCUT2D eigenvalue weighted by molar-refractivity contribution is 5.70. The molecule has 1 N–H and O–H groups in total. The van der Waals surface area contributed by atoms with Gasteiger partial charge in [0.15, 0.2) is 0 Å². The van der Waals surface area contributed by atoms with E-state index in [1.807, 2.05) is 25.3 Å². The zero-order valence-corrected chi connectivity index (χ0v) is 12.0. The Hall–Kier alpha value is -2.29. The fourth-order valence-corrected chi connectivity index (χ4v) is 2.47. The molecule has 0 bridgehead atoms. The number of hydrogen-bond acceptors (Lipinski definition) is 1. The summed E-state index contributed by atoms with van der Waals surface area (Å²) in [6, 6.07) is 12.6. The van der Waals surface area contributed by atoms with Crippen molar-refractivity contribution >= 4 is 5.52 Å². The van der Waals surface area contributed by atoms with Gasteiger partial charge < -0.3 is 4.98 Å². The van der Waals surface area contributed by atoms with E-state index in [9.17, 15) is 4.79 Å². The summed E-state index contributed by atoms with van der Waals surface area (Å²) < 4.78 is 1.65. The molecule has 0 fully saturated rings. The Morgan fingerprint density at radius 1 is 1.05 bits per heavy atom. The van der Waals surface area contributed by atoms with E-state index in [0.717, 1.165) is 22.3 Å². The first-order chi connectivity index (χ1) is 9.54. The normalized spacial score (nSPS) is 11.4. The van der Waals surface area contributed by atoms with Crippen LogP contribution in [0.25, 0.3) is 16.6 Å². The molecule has 0 aliphatic carbocycles. The minimum Gasteiger partial charge on any atom is -0.311 e. The monoisotopic (exact) mass is 266 g/mol. The summed E-state index contributed by atoms with van der Waals surface area (Å²) in [6.07, 6.45) is 1.89. The first-order valence-electron chi connectivity index (χ1n) is 6.87. The summed E-state index contributed by atoms with van der Waals surface area (Å²) in [6.45, 7) is 6.26. The smallest absolute Gasteiger partial charge is 0.311 e. The molecule has 0 atom stereocenters. The number of H-pyrrole nitrogens is 1. The van der Waals surface area contributed by atoms with Crippen LogP contribution in [-0.4, -0.2) is 9.38 Å². The highest BCUT2D eigenvalue weighted by Gasteiger charge is 2.06. The second-order valence-corrected chi connectivity index (χ2v) is 5.56. The van der Waals surface area contributed by atoms with Crippen LogP contribution >= 0.6 is 0 Å². The minimum absolute atomic E-state index is 0.0925. The van der Waals surface area contributed by atoms with Gasteiger partial charge in [0, 0.05) is 17.5 Å². The molecular weight excluding hydrogens is 248 g/mol. The molecule has 1 aromatic carbocycles. The van der Waals surface area contributed by atoms with E-state index in [-0.39, 0.29) is 5.69 Å². The largest absolute Gasteiger partial charge is 0.330 e. The summed E-state index contributed by atoms with van der Waals surface area (Å²) in [5.41, 5.74) is 5.24. The SMILES string of the molecule is Cc1cc2cc(-c3ccc(C(C)C)cc3)cn2c(=O)[nH]1. The molecule has 3 nitrogen and oxygen atoms in total. The first kappa shape index (κ1) is 12.7. The number of benzene rings is 1. The molecule has 0 spiro atoms. The number of nitrogens with one attached hydrogen (secondary N) is 1. The van der Waals surface area contributed by atoms with Crippen LogP contribution in [0, 0.1) is 6.92 Å². The maximum absolute atomic E-state index is 11.9. The van der Waals surface area contributed by atoms with E-state index in [4.69, 9.17) is 0 Å². The lowest BCUT2D eigenvalue weighted by atomic mass is 10.00. The van der Waals surface area contributed by atoms with Crippen LogP contribution in [0.5, 0.6) is 0 Å². The Labute approximate surface area is 117 Å². The fraction of sp³-hybridized carbons (Fsp3) is 0.235. The molecule has 20 heavy (non-hydrogen) atoms. The van der Waals surface area contributed by atoms with Crippen molar-refractivity contribution < 1.29 is 0 Å². The Kier molecular flexibility index (Phi) is 2.97. The average molecular weight is 266 g/mol. The third kappa shape index (κ3) is 2.16. The van der Waals surface area contributed by atoms with E-state index in [1.165, 1.54) is 5.56 Å². The van der Waals surface area contributed by atoms with Gasteiger partial charge in [-0.1, -0.05) is 38.1 Å². The van der Waals surface area contributed by atoms with Gasteiger partial charge in [-0.2, -0.15) is 0 Å². The quantitative estimate of drug-likeness (QED) is 0.754. The Morgan fingerprint density at radius 2 is 1.75 bits per heavy atom. The topological polar surface area (TPSA) is 37.3 Å². The van der Waals surface area contributed by atoms with Crippen molar-refractivity contribution in [2.45, 2.75) is 26.7 Å². The molecule has 0 saturated carbocycles. The molecular formula is C17H18N2O. The van der Waals surface area contributed by atoms with Gasteiger partial charge in [0.1, 0.15) is 0 Å². The van der Waals surface area contributed by atoms with Crippen LogP contribution < -0.4 is 5.69 Å². The molecule has 0 radical (unpaired) electrons. The van der Waals surface area contributed by atoms with Crippen molar-refractivity contribution in [3.05, 3.63) is 64.3 Å². The predicted molar refractivity (Wildman–Crippen MR) is 82.3 cm³/mol. The van der Waals surface area contributed by atoms with Crippen LogP contribution in [0.4, 0.5) is 0 Å². The molecule has 2 aromatic heterocycles. The Morgan fingerprint density at radius 3 is 2.40 bits per heavy atom. The number of nitrogens with zero attached hydrogens (tertiary/aromatic N) is 1. The maximum atomic E-state index is 11.9. The predicted octanol–water partition coefficient (Wildman–Crippen LogP) is 3.73. The van der Waals surface area contributed by atoms with Gasteiger partial charge >= 0.3 is 5.69 Å². The van der Waals surface area contributed by atoms with Crippen molar-refractivity contribution in [1.82, 2.24) is 9.38 Å². The van der Waals surface area contributed by atoms with Crippen LogP contribution in [0.3, 0.4) is 0 Å². The lowest BCUT2D eigenvalue weighted by Crippen LogP contribution is -2.15. The van der Waals surface area contributed by atoms with Crippen molar-refractivity contribution in [2.24, 2.45) is 0 Å². The molecule has 0 unspecified atom stereocenters. The summed E-state index contributed by atoms with van der Waals surface area (Å²) >= 11 is 0. The van der Waals surface area contributed by atoms with Crippen LogP contribution in [0.15, 0.2) is 47.4 Å². The lowest BCUT2D eigenvalue weighted by molar-refractivity contribution is 0.867. The second kappa shape index (κ2) is 4.67. The average Bonchev–Trinajstić information content (AvgIpc) is 2.83. The number of aromatic nitrogens is 2. The zero-order valence-electron chi connectivity index (χ0n) is 12.0. The molecule has 0 amide bonds. The number of hydrogen-bond donors (Lipinski definition) is 1. The maximum Gasteiger partial charge on any atom is 0.330 e. The third-order valence-corrected chi connectivity index (χ3v) is 3.65. The standard InChI is InChI=1S/C17H18N2O/c1-11(2)13-4-6-14(7-5-13)15-9-16-8-12(3)18-17(20)19(16)10-15/h4-11H,1-3H3,(H,18,20). The summed E-state index contributed by atoms with van der Waals surface area (Å²) in [4.78, 5) is 14.7. The lowest BCUT2D eigenvalue weighted by Gasteiger charge is -2.05. The molecule has 3 rings (SSSR count). The zero-order chi connectivity index (χ0) is 14.3. The summed E-state index contributed by atoms with van der Waals surface area (Å²) in [5, 5.41) is 0. The van der Waals surface area contributed by atoms with Gasteiger partial charge in [0.05, 0.1) is 5.52 Å². The number of fused-ring (bicyclic) bond motifs is 1. The number of rotatable bonds is 2. The Bertz CT molecular complexity index is 807. The summed E-state index contributed by atoms with van der Waals surface area (Å²) in [7, 11) is 0. The van der Waals surface area contributed by atoms with Gasteiger partial charge in [-0.15, -0.1) is 0 Å². The highest BCUT2D eigenvalue weighted by Crippen LogP contribution is 2.24. The van der Waals surface area contributed by atoms with Gasteiger partial charge in [-0.25, -0.2) is 4.79 Å². The summed E-state index contributed by atoms with van der Waals surface area (Å²) in [5.74, 6) is 0.530. The van der Waals surface area contributed by atoms with Gasteiger partial charge in [-0.05, 0) is 36.1 Å². The van der Waals surface area contributed by atoms with E-state index < -0.39 is 0 Å². The first-order valence-corrected chi connectivity index (χ1v) is 6.87. The van der Waals surface area contributed by atoms with E-state index >= 15 is 0 Å². The molecule has 2 heterocycles. The third-order valence-electron chi connectivity index (χ3n) is 3.65. The van der Waals surface area contributed by atoms with Crippen LogP contribution in [0.2, 0.25) is 0 Å². The van der Waals surface area contributed by atoms with Crippen molar-refractivity contribution in [2.75, 3.05) is 0 Å². The molecule has 3 aromatic rings. The van der Waals surface area contributed by atoms with Gasteiger partial charge in [0.25, 0.3) is 0 Å². The second-order valence-electron chi connectivity index (χ2n) is 5.56. The van der Waals surface area contributed by atoms with Gasteiger partial charge in [0.2, 0.25) is 0 Å². The van der Waals surface area contributed by atoms with E-state index in [0.29, 0.717) is 5.92 Å². The molecule has 0 saturated heterocycles. The Balaban J connectivity index is 2.10. The highest BCUT2D eigenvalue weighted by atomic mass is 16.1. The van der Waals surface area contributed by atoms with Gasteiger partial charge in [-0.3, -0.25) is 4.40 Å².